The maximum Gasteiger partial charge on any atom is 0.225 e. The lowest BCUT2D eigenvalue weighted by Gasteiger charge is -2.11. The van der Waals surface area contributed by atoms with Crippen LogP contribution in [0.5, 0.6) is 0 Å². The average Bonchev–Trinajstić information content (AvgIpc) is 2.68. The van der Waals surface area contributed by atoms with Gasteiger partial charge in [0.05, 0.1) is 5.92 Å². The number of halogens is 2. The van der Waals surface area contributed by atoms with Gasteiger partial charge in [-0.3, -0.25) is 9.59 Å². The molecular formula is C13H14BrFN2O2. The predicted octanol–water partition coefficient (Wildman–Crippen LogP) is 1.68. The van der Waals surface area contributed by atoms with Crippen LogP contribution in [-0.4, -0.2) is 30.3 Å². The number of amides is 2. The Morgan fingerprint density at radius 1 is 1.58 bits per heavy atom. The van der Waals surface area contributed by atoms with Crippen molar-refractivity contribution in [2.24, 2.45) is 5.92 Å². The van der Waals surface area contributed by atoms with E-state index >= 15 is 0 Å². The lowest BCUT2D eigenvalue weighted by molar-refractivity contribution is -0.128. The highest BCUT2D eigenvalue weighted by atomic mass is 79.9. The minimum Gasteiger partial charge on any atom is -0.352 e. The topological polar surface area (TPSA) is 49.4 Å². The zero-order valence-electron chi connectivity index (χ0n) is 10.5. The van der Waals surface area contributed by atoms with Crippen molar-refractivity contribution in [1.29, 1.82) is 0 Å². The maximum absolute atomic E-state index is 13.6. The number of nitrogens with one attached hydrogen (secondary N) is 1. The molecule has 1 atom stereocenters. The summed E-state index contributed by atoms with van der Waals surface area (Å²) in [6, 6.07) is 4.69. The first-order valence-electron chi connectivity index (χ1n) is 5.93. The number of hydrogen-bond acceptors (Lipinski definition) is 2. The van der Waals surface area contributed by atoms with Gasteiger partial charge in [-0.25, -0.2) is 4.39 Å². The molecule has 4 nitrogen and oxygen atoms in total. The van der Waals surface area contributed by atoms with Gasteiger partial charge in [-0.15, -0.1) is 0 Å². The molecule has 2 amide bonds. The highest BCUT2D eigenvalue weighted by molar-refractivity contribution is 9.10. The Labute approximate surface area is 119 Å². The fraction of sp³-hybridized carbons (Fsp3) is 0.385. The summed E-state index contributed by atoms with van der Waals surface area (Å²) in [6.45, 7) is 0.555. The van der Waals surface area contributed by atoms with E-state index in [1.807, 2.05) is 0 Å². The van der Waals surface area contributed by atoms with E-state index in [2.05, 4.69) is 21.2 Å². The molecule has 1 aromatic carbocycles. The molecule has 1 saturated heterocycles. The fourth-order valence-electron chi connectivity index (χ4n) is 2.03. The summed E-state index contributed by atoms with van der Waals surface area (Å²) in [4.78, 5) is 24.7. The number of rotatable bonds is 3. The van der Waals surface area contributed by atoms with Crippen molar-refractivity contribution in [1.82, 2.24) is 10.2 Å². The smallest absolute Gasteiger partial charge is 0.225 e. The summed E-state index contributed by atoms with van der Waals surface area (Å²) in [5.74, 6) is -0.944. The van der Waals surface area contributed by atoms with Crippen LogP contribution in [0.2, 0.25) is 0 Å². The Bertz CT molecular complexity index is 521. The molecule has 0 spiro atoms. The number of likely N-dealkylation sites (tertiary alicyclic amines) is 1. The summed E-state index contributed by atoms with van der Waals surface area (Å²) in [6.07, 6.45) is 0.227. The fourth-order valence-corrected chi connectivity index (χ4v) is 2.36. The van der Waals surface area contributed by atoms with Crippen LogP contribution < -0.4 is 5.32 Å². The second-order valence-corrected chi connectivity index (χ2v) is 5.54. The monoisotopic (exact) mass is 328 g/mol. The number of hydrogen-bond donors (Lipinski definition) is 1. The van der Waals surface area contributed by atoms with Gasteiger partial charge >= 0.3 is 0 Å². The van der Waals surface area contributed by atoms with E-state index in [0.29, 0.717) is 16.6 Å². The average molecular weight is 329 g/mol. The van der Waals surface area contributed by atoms with E-state index in [1.54, 1.807) is 19.2 Å². The molecule has 0 saturated carbocycles. The second kappa shape index (κ2) is 5.69. The quantitative estimate of drug-likeness (QED) is 0.917. The van der Waals surface area contributed by atoms with E-state index in [-0.39, 0.29) is 36.5 Å². The van der Waals surface area contributed by atoms with Gasteiger partial charge in [-0.2, -0.15) is 0 Å². The molecule has 19 heavy (non-hydrogen) atoms. The predicted molar refractivity (Wildman–Crippen MR) is 71.7 cm³/mol. The van der Waals surface area contributed by atoms with E-state index in [4.69, 9.17) is 0 Å². The summed E-state index contributed by atoms with van der Waals surface area (Å²) in [7, 11) is 1.67. The van der Waals surface area contributed by atoms with Crippen molar-refractivity contribution in [3.63, 3.8) is 0 Å². The highest BCUT2D eigenvalue weighted by Crippen LogP contribution is 2.17. The van der Waals surface area contributed by atoms with Gasteiger partial charge in [-0.1, -0.05) is 22.0 Å². The number of nitrogens with zero attached hydrogens (tertiary/aromatic N) is 1. The van der Waals surface area contributed by atoms with E-state index < -0.39 is 0 Å². The van der Waals surface area contributed by atoms with Crippen LogP contribution in [0, 0.1) is 11.7 Å². The molecule has 0 bridgehead atoms. The third-order valence-electron chi connectivity index (χ3n) is 3.18. The standard InChI is InChI=1S/C13H14BrFN2O2/c1-17-7-9(4-12(17)18)13(19)16-6-8-2-3-10(14)5-11(8)15/h2-3,5,9H,4,6-7H2,1H3,(H,16,19)/t9-/m1/s1. The first kappa shape index (κ1) is 14.0. The molecule has 0 unspecified atom stereocenters. The molecule has 0 aliphatic carbocycles. The molecule has 1 aliphatic rings. The van der Waals surface area contributed by atoms with Gasteiger partial charge in [0, 0.05) is 36.6 Å². The van der Waals surface area contributed by atoms with Crippen LogP contribution in [0.3, 0.4) is 0 Å². The van der Waals surface area contributed by atoms with Gasteiger partial charge in [0.15, 0.2) is 0 Å². The molecule has 1 fully saturated rings. The van der Waals surface area contributed by atoms with Gasteiger partial charge in [0.2, 0.25) is 11.8 Å². The lowest BCUT2D eigenvalue weighted by Crippen LogP contribution is -2.32. The van der Waals surface area contributed by atoms with Crippen LogP contribution in [-0.2, 0) is 16.1 Å². The Kier molecular flexibility index (Phi) is 4.19. The molecule has 1 aromatic rings. The van der Waals surface area contributed by atoms with Crippen LogP contribution in [0.15, 0.2) is 22.7 Å². The van der Waals surface area contributed by atoms with E-state index in [1.165, 1.54) is 11.0 Å². The number of carbonyl (C=O) groups excluding carboxylic acids is 2. The molecule has 0 radical (unpaired) electrons. The Morgan fingerprint density at radius 3 is 2.89 bits per heavy atom. The molecule has 1 N–H and O–H groups in total. The Hall–Kier alpha value is -1.43. The van der Waals surface area contributed by atoms with Gasteiger partial charge in [0.1, 0.15) is 5.82 Å². The molecule has 102 valence electrons. The maximum atomic E-state index is 13.6. The van der Waals surface area contributed by atoms with Crippen molar-refractivity contribution >= 4 is 27.7 Å². The van der Waals surface area contributed by atoms with E-state index in [0.717, 1.165) is 0 Å². The van der Waals surface area contributed by atoms with Crippen molar-refractivity contribution in [3.8, 4) is 0 Å². The first-order valence-corrected chi connectivity index (χ1v) is 6.72. The van der Waals surface area contributed by atoms with Crippen molar-refractivity contribution in [2.45, 2.75) is 13.0 Å². The minimum absolute atomic E-state index is 0.0324. The second-order valence-electron chi connectivity index (χ2n) is 4.63. The zero-order valence-corrected chi connectivity index (χ0v) is 12.0. The van der Waals surface area contributed by atoms with Crippen LogP contribution >= 0.6 is 15.9 Å². The van der Waals surface area contributed by atoms with Crippen molar-refractivity contribution < 1.29 is 14.0 Å². The molecule has 1 heterocycles. The third-order valence-corrected chi connectivity index (χ3v) is 3.67. The molecular weight excluding hydrogens is 315 g/mol. The van der Waals surface area contributed by atoms with Crippen molar-refractivity contribution in [3.05, 3.63) is 34.1 Å². The van der Waals surface area contributed by atoms with Gasteiger partial charge < -0.3 is 10.2 Å². The van der Waals surface area contributed by atoms with Crippen molar-refractivity contribution in [2.75, 3.05) is 13.6 Å². The number of benzene rings is 1. The summed E-state index contributed by atoms with van der Waals surface area (Å²) in [5, 5.41) is 2.67. The van der Waals surface area contributed by atoms with Gasteiger partial charge in [-0.05, 0) is 12.1 Å². The normalized spacial score (nSPS) is 18.8. The van der Waals surface area contributed by atoms with E-state index in [9.17, 15) is 14.0 Å². The molecule has 6 heteroatoms. The molecule has 1 aliphatic heterocycles. The number of carbonyl (C=O) groups is 2. The third kappa shape index (κ3) is 3.32. The zero-order chi connectivity index (χ0) is 14.0. The summed E-state index contributed by atoms with van der Waals surface area (Å²) in [5.41, 5.74) is 0.425. The Balaban J connectivity index is 1.92. The van der Waals surface area contributed by atoms with Crippen LogP contribution in [0.1, 0.15) is 12.0 Å². The molecule has 0 aromatic heterocycles. The minimum atomic E-state index is -0.366. The lowest BCUT2D eigenvalue weighted by atomic mass is 10.1. The SMILES string of the molecule is CN1C[C@H](C(=O)NCc2ccc(Br)cc2F)CC1=O. The highest BCUT2D eigenvalue weighted by Gasteiger charge is 2.31. The summed E-state index contributed by atoms with van der Waals surface area (Å²) >= 11 is 3.17. The largest absolute Gasteiger partial charge is 0.352 e. The van der Waals surface area contributed by atoms with Gasteiger partial charge in [0.25, 0.3) is 0 Å². The molecule has 2 rings (SSSR count). The Morgan fingerprint density at radius 2 is 2.32 bits per heavy atom. The first-order chi connectivity index (χ1) is 8.97. The summed E-state index contributed by atoms with van der Waals surface area (Å²) < 4.78 is 14.2. The van der Waals surface area contributed by atoms with Crippen LogP contribution in [0.25, 0.3) is 0 Å². The van der Waals surface area contributed by atoms with Crippen LogP contribution in [0.4, 0.5) is 4.39 Å².